The standard InChI is InChI=1S/C17H18BrN3O4/c1-21(2)15(22)8-9-19-16(23)11-4-3-5-12(10-11)20-17(24)13-6-7-14(18)25-13/h3-7,10H,8-9H2,1-2H3,(H,19,23)(H,20,24). The zero-order chi connectivity index (χ0) is 18.4. The molecule has 3 amide bonds. The van der Waals surface area contributed by atoms with Crippen LogP contribution in [0.2, 0.25) is 0 Å². The number of hydrogen-bond acceptors (Lipinski definition) is 4. The predicted octanol–water partition coefficient (Wildman–Crippen LogP) is 2.50. The first-order valence-corrected chi connectivity index (χ1v) is 8.31. The third kappa shape index (κ3) is 5.46. The Balaban J connectivity index is 1.94. The van der Waals surface area contributed by atoms with Crippen LogP contribution in [0.15, 0.2) is 45.5 Å². The molecule has 2 N–H and O–H groups in total. The molecule has 0 fully saturated rings. The molecule has 0 atom stereocenters. The second kappa shape index (κ2) is 8.48. The number of nitrogens with zero attached hydrogens (tertiary/aromatic N) is 1. The predicted molar refractivity (Wildman–Crippen MR) is 96.4 cm³/mol. The van der Waals surface area contributed by atoms with Crippen LogP contribution in [-0.4, -0.2) is 43.3 Å². The third-order valence-corrected chi connectivity index (χ3v) is 3.73. The summed E-state index contributed by atoms with van der Waals surface area (Å²) in [6.07, 6.45) is 0.225. The van der Waals surface area contributed by atoms with Crippen LogP contribution < -0.4 is 10.6 Å². The van der Waals surface area contributed by atoms with Crippen LogP contribution >= 0.6 is 15.9 Å². The second-order valence-corrected chi connectivity index (χ2v) is 6.21. The summed E-state index contributed by atoms with van der Waals surface area (Å²) in [6.45, 7) is 0.243. The van der Waals surface area contributed by atoms with E-state index >= 15 is 0 Å². The average molecular weight is 408 g/mol. The maximum absolute atomic E-state index is 12.1. The molecule has 8 heteroatoms. The molecular formula is C17H18BrN3O4. The van der Waals surface area contributed by atoms with E-state index in [1.165, 1.54) is 11.0 Å². The van der Waals surface area contributed by atoms with Crippen LogP contribution in [0.5, 0.6) is 0 Å². The molecule has 0 unspecified atom stereocenters. The van der Waals surface area contributed by atoms with Gasteiger partial charge in [0, 0.05) is 38.3 Å². The SMILES string of the molecule is CN(C)C(=O)CCNC(=O)c1cccc(NC(=O)c2ccc(Br)o2)c1. The Hall–Kier alpha value is -2.61. The lowest BCUT2D eigenvalue weighted by Gasteiger charge is -2.11. The number of furan rings is 1. The fraction of sp³-hybridized carbons (Fsp3) is 0.235. The molecule has 25 heavy (non-hydrogen) atoms. The highest BCUT2D eigenvalue weighted by Crippen LogP contribution is 2.17. The van der Waals surface area contributed by atoms with Crippen molar-refractivity contribution in [2.75, 3.05) is 26.0 Å². The first kappa shape index (κ1) is 18.7. The van der Waals surface area contributed by atoms with Crippen molar-refractivity contribution in [1.82, 2.24) is 10.2 Å². The van der Waals surface area contributed by atoms with Crippen molar-refractivity contribution in [1.29, 1.82) is 0 Å². The van der Waals surface area contributed by atoms with Gasteiger partial charge in [0.15, 0.2) is 10.4 Å². The second-order valence-electron chi connectivity index (χ2n) is 5.43. The van der Waals surface area contributed by atoms with Gasteiger partial charge in [-0.25, -0.2) is 0 Å². The van der Waals surface area contributed by atoms with E-state index in [0.717, 1.165) is 0 Å². The zero-order valence-corrected chi connectivity index (χ0v) is 15.4. The van der Waals surface area contributed by atoms with E-state index in [2.05, 4.69) is 26.6 Å². The molecule has 1 aromatic carbocycles. The topological polar surface area (TPSA) is 91.7 Å². The Bertz CT molecular complexity index is 786. The van der Waals surface area contributed by atoms with Crippen LogP contribution in [-0.2, 0) is 4.79 Å². The Labute approximate surface area is 153 Å². The van der Waals surface area contributed by atoms with Crippen molar-refractivity contribution in [3.8, 4) is 0 Å². The molecule has 0 aliphatic carbocycles. The Morgan fingerprint density at radius 2 is 1.88 bits per heavy atom. The van der Waals surface area contributed by atoms with Gasteiger partial charge in [-0.15, -0.1) is 0 Å². The number of carbonyl (C=O) groups excluding carboxylic acids is 3. The van der Waals surface area contributed by atoms with Gasteiger partial charge in [-0.2, -0.15) is 0 Å². The van der Waals surface area contributed by atoms with Gasteiger partial charge in [-0.1, -0.05) is 6.07 Å². The van der Waals surface area contributed by atoms with Crippen molar-refractivity contribution >= 4 is 39.3 Å². The third-order valence-electron chi connectivity index (χ3n) is 3.30. The number of halogens is 1. The molecule has 0 saturated carbocycles. The van der Waals surface area contributed by atoms with Gasteiger partial charge in [-0.05, 0) is 46.3 Å². The van der Waals surface area contributed by atoms with Gasteiger partial charge in [0.05, 0.1) is 0 Å². The van der Waals surface area contributed by atoms with E-state index < -0.39 is 5.91 Å². The van der Waals surface area contributed by atoms with Crippen molar-refractivity contribution in [2.24, 2.45) is 0 Å². The van der Waals surface area contributed by atoms with Crippen LogP contribution in [0.1, 0.15) is 27.3 Å². The van der Waals surface area contributed by atoms with E-state index in [0.29, 0.717) is 15.9 Å². The zero-order valence-electron chi connectivity index (χ0n) is 13.8. The largest absolute Gasteiger partial charge is 0.444 e. The summed E-state index contributed by atoms with van der Waals surface area (Å²) in [6, 6.07) is 9.67. The number of nitrogens with one attached hydrogen (secondary N) is 2. The van der Waals surface area contributed by atoms with Gasteiger partial charge in [-0.3, -0.25) is 14.4 Å². The lowest BCUT2D eigenvalue weighted by molar-refractivity contribution is -0.128. The van der Waals surface area contributed by atoms with Crippen LogP contribution in [0, 0.1) is 0 Å². The van der Waals surface area contributed by atoms with Gasteiger partial charge in [0.25, 0.3) is 11.8 Å². The van der Waals surface area contributed by atoms with Gasteiger partial charge < -0.3 is 20.0 Å². The number of anilines is 1. The summed E-state index contributed by atoms with van der Waals surface area (Å²) in [5.41, 5.74) is 0.852. The van der Waals surface area contributed by atoms with Crippen molar-refractivity contribution < 1.29 is 18.8 Å². The highest BCUT2D eigenvalue weighted by molar-refractivity contribution is 9.10. The van der Waals surface area contributed by atoms with Crippen LogP contribution in [0.25, 0.3) is 0 Å². The highest BCUT2D eigenvalue weighted by Gasteiger charge is 2.12. The molecule has 0 spiro atoms. The lowest BCUT2D eigenvalue weighted by Crippen LogP contribution is -2.30. The Kier molecular flexibility index (Phi) is 6.35. The van der Waals surface area contributed by atoms with E-state index in [-0.39, 0.29) is 30.5 Å². The Morgan fingerprint density at radius 3 is 2.52 bits per heavy atom. The summed E-state index contributed by atoms with van der Waals surface area (Å²) in [5.74, 6) is -0.641. The summed E-state index contributed by atoms with van der Waals surface area (Å²) < 4.78 is 5.64. The lowest BCUT2D eigenvalue weighted by atomic mass is 10.2. The molecule has 132 valence electrons. The molecule has 0 radical (unpaired) electrons. The average Bonchev–Trinajstić information content (AvgIpc) is 3.01. The molecule has 0 saturated heterocycles. The fourth-order valence-corrected chi connectivity index (χ4v) is 2.28. The maximum atomic E-state index is 12.1. The minimum atomic E-state index is -0.417. The number of rotatable bonds is 6. The number of hydrogen-bond donors (Lipinski definition) is 2. The summed E-state index contributed by atoms with van der Waals surface area (Å²) >= 11 is 3.13. The van der Waals surface area contributed by atoms with E-state index in [4.69, 9.17) is 4.42 Å². The number of carbonyl (C=O) groups is 3. The molecule has 0 aliphatic rings. The summed E-state index contributed by atoms with van der Waals surface area (Å²) in [5, 5.41) is 5.34. The highest BCUT2D eigenvalue weighted by atomic mass is 79.9. The summed E-state index contributed by atoms with van der Waals surface area (Å²) in [4.78, 5) is 37.1. The molecule has 2 rings (SSSR count). The van der Waals surface area contributed by atoms with Gasteiger partial charge >= 0.3 is 0 Å². The molecule has 1 heterocycles. The minimum Gasteiger partial charge on any atom is -0.444 e. The van der Waals surface area contributed by atoms with Crippen LogP contribution in [0.3, 0.4) is 0 Å². The number of benzene rings is 1. The smallest absolute Gasteiger partial charge is 0.291 e. The molecule has 0 bridgehead atoms. The fourth-order valence-electron chi connectivity index (χ4n) is 1.98. The van der Waals surface area contributed by atoms with Gasteiger partial charge in [0.2, 0.25) is 5.91 Å². The minimum absolute atomic E-state index is 0.0640. The molecule has 0 aliphatic heterocycles. The number of amides is 3. The quantitative estimate of drug-likeness (QED) is 0.769. The summed E-state index contributed by atoms with van der Waals surface area (Å²) in [7, 11) is 3.32. The van der Waals surface area contributed by atoms with Crippen LogP contribution in [0.4, 0.5) is 5.69 Å². The normalized spacial score (nSPS) is 10.2. The monoisotopic (exact) mass is 407 g/mol. The van der Waals surface area contributed by atoms with E-state index in [1.54, 1.807) is 44.4 Å². The first-order chi connectivity index (χ1) is 11.9. The Morgan fingerprint density at radius 1 is 1.12 bits per heavy atom. The molecule has 2 aromatic rings. The van der Waals surface area contributed by atoms with Crippen molar-refractivity contribution in [3.05, 3.63) is 52.4 Å². The first-order valence-electron chi connectivity index (χ1n) is 7.52. The van der Waals surface area contributed by atoms with E-state index in [1.807, 2.05) is 0 Å². The molecule has 1 aromatic heterocycles. The molecular weight excluding hydrogens is 390 g/mol. The van der Waals surface area contributed by atoms with Crippen molar-refractivity contribution in [3.63, 3.8) is 0 Å². The van der Waals surface area contributed by atoms with Gasteiger partial charge in [0.1, 0.15) is 0 Å². The maximum Gasteiger partial charge on any atom is 0.291 e. The molecule has 7 nitrogen and oxygen atoms in total. The van der Waals surface area contributed by atoms with E-state index in [9.17, 15) is 14.4 Å². The van der Waals surface area contributed by atoms with Crippen molar-refractivity contribution in [2.45, 2.75) is 6.42 Å².